The number of piperazine rings is 1. The molecule has 0 spiro atoms. The molecule has 2 heterocycles. The Kier molecular flexibility index (Phi) is 3.94. The van der Waals surface area contributed by atoms with Crippen molar-refractivity contribution in [2.75, 3.05) is 26.4 Å². The van der Waals surface area contributed by atoms with Crippen molar-refractivity contribution < 1.29 is 19.1 Å². The Balaban J connectivity index is 1.42. The summed E-state index contributed by atoms with van der Waals surface area (Å²) in [6.45, 7) is 3.81. The van der Waals surface area contributed by atoms with Gasteiger partial charge >= 0.3 is 6.03 Å². The Morgan fingerprint density at radius 2 is 2.16 bits per heavy atom. The highest BCUT2D eigenvalue weighted by molar-refractivity contribution is 5.88. The van der Waals surface area contributed by atoms with Crippen LogP contribution >= 0.6 is 0 Å². The highest BCUT2D eigenvalue weighted by atomic mass is 16.7. The molecule has 3 aliphatic rings. The summed E-state index contributed by atoms with van der Waals surface area (Å²) < 4.78 is 10.8. The van der Waals surface area contributed by atoms with Crippen LogP contribution < -0.4 is 20.1 Å². The minimum Gasteiger partial charge on any atom is -0.454 e. The van der Waals surface area contributed by atoms with Gasteiger partial charge in [-0.25, -0.2) is 4.79 Å². The molecule has 1 unspecified atom stereocenters. The van der Waals surface area contributed by atoms with Gasteiger partial charge < -0.3 is 25.0 Å². The zero-order valence-corrected chi connectivity index (χ0v) is 14.3. The lowest BCUT2D eigenvalue weighted by molar-refractivity contribution is -0.127. The van der Waals surface area contributed by atoms with Crippen LogP contribution in [0.2, 0.25) is 0 Å². The first-order chi connectivity index (χ1) is 12.1. The maximum atomic E-state index is 12.6. The van der Waals surface area contributed by atoms with Crippen LogP contribution in [0.5, 0.6) is 11.5 Å². The van der Waals surface area contributed by atoms with Crippen molar-refractivity contribution in [2.45, 2.75) is 37.6 Å². The third-order valence-electron chi connectivity index (χ3n) is 5.39. The molecule has 1 aromatic carbocycles. The Morgan fingerprint density at radius 1 is 1.36 bits per heavy atom. The maximum absolute atomic E-state index is 12.6. The zero-order chi connectivity index (χ0) is 17.4. The average molecular weight is 345 g/mol. The van der Waals surface area contributed by atoms with Gasteiger partial charge in [-0.15, -0.1) is 0 Å². The fourth-order valence-electron chi connectivity index (χ4n) is 3.65. The van der Waals surface area contributed by atoms with Crippen molar-refractivity contribution in [3.8, 4) is 11.5 Å². The first-order valence-corrected chi connectivity index (χ1v) is 8.85. The highest BCUT2D eigenvalue weighted by Crippen LogP contribution is 2.49. The SMILES string of the molecule is CCC1C(=O)NCCN1C(=O)NCC1(c2ccc3c(c2)OCO3)CC1. The number of ether oxygens (including phenoxy) is 2. The monoisotopic (exact) mass is 345 g/mol. The molecule has 0 bridgehead atoms. The number of hydrogen-bond donors (Lipinski definition) is 2. The smallest absolute Gasteiger partial charge is 0.318 e. The van der Waals surface area contributed by atoms with Crippen LogP contribution in [0.3, 0.4) is 0 Å². The summed E-state index contributed by atoms with van der Waals surface area (Å²) >= 11 is 0. The molecular formula is C18H23N3O4. The van der Waals surface area contributed by atoms with Crippen LogP contribution in [0.15, 0.2) is 18.2 Å². The van der Waals surface area contributed by atoms with Crippen molar-refractivity contribution in [1.82, 2.24) is 15.5 Å². The van der Waals surface area contributed by atoms with Gasteiger partial charge in [-0.05, 0) is 37.0 Å². The van der Waals surface area contributed by atoms with E-state index in [4.69, 9.17) is 9.47 Å². The van der Waals surface area contributed by atoms with Gasteiger partial charge in [0, 0.05) is 25.0 Å². The van der Waals surface area contributed by atoms with Gasteiger partial charge in [0.15, 0.2) is 11.5 Å². The molecule has 2 fully saturated rings. The van der Waals surface area contributed by atoms with Gasteiger partial charge in [0.1, 0.15) is 6.04 Å². The number of nitrogens with zero attached hydrogens (tertiary/aromatic N) is 1. The van der Waals surface area contributed by atoms with Gasteiger partial charge in [0.25, 0.3) is 0 Å². The molecule has 134 valence electrons. The van der Waals surface area contributed by atoms with E-state index in [1.54, 1.807) is 4.90 Å². The number of hydrogen-bond acceptors (Lipinski definition) is 4. The van der Waals surface area contributed by atoms with Crippen molar-refractivity contribution in [3.05, 3.63) is 23.8 Å². The quantitative estimate of drug-likeness (QED) is 0.864. The zero-order valence-electron chi connectivity index (χ0n) is 14.3. The topological polar surface area (TPSA) is 79.9 Å². The van der Waals surface area contributed by atoms with Gasteiger partial charge in [0.2, 0.25) is 12.7 Å². The standard InChI is InChI=1S/C18H23N3O4/c1-2-13-16(22)19-7-8-21(13)17(23)20-10-18(5-6-18)12-3-4-14-15(9-12)25-11-24-14/h3-4,9,13H,2,5-8,10-11H2,1H3,(H,19,22)(H,20,23). The Bertz CT molecular complexity index is 702. The number of rotatable bonds is 4. The Hall–Kier alpha value is -2.44. The van der Waals surface area contributed by atoms with Gasteiger partial charge in [-0.2, -0.15) is 0 Å². The summed E-state index contributed by atoms with van der Waals surface area (Å²) in [5.41, 5.74) is 1.14. The molecule has 3 amide bonds. The van der Waals surface area contributed by atoms with E-state index in [1.165, 1.54) is 5.56 Å². The molecule has 7 nitrogen and oxygen atoms in total. The van der Waals surface area contributed by atoms with Gasteiger partial charge in [-0.1, -0.05) is 13.0 Å². The van der Waals surface area contributed by atoms with E-state index in [0.717, 1.165) is 24.3 Å². The van der Waals surface area contributed by atoms with Crippen LogP contribution in [0, 0.1) is 0 Å². The molecule has 25 heavy (non-hydrogen) atoms. The van der Waals surface area contributed by atoms with E-state index in [1.807, 2.05) is 19.1 Å². The summed E-state index contributed by atoms with van der Waals surface area (Å²) in [4.78, 5) is 26.2. The van der Waals surface area contributed by atoms with Gasteiger partial charge in [0.05, 0.1) is 0 Å². The minimum absolute atomic E-state index is 0.0314. The number of fused-ring (bicyclic) bond motifs is 1. The van der Waals surface area contributed by atoms with E-state index in [-0.39, 0.29) is 30.2 Å². The van der Waals surface area contributed by atoms with E-state index in [9.17, 15) is 9.59 Å². The van der Waals surface area contributed by atoms with Crippen LogP contribution in [-0.2, 0) is 10.2 Å². The van der Waals surface area contributed by atoms with Crippen molar-refractivity contribution in [1.29, 1.82) is 0 Å². The lowest BCUT2D eigenvalue weighted by Gasteiger charge is -2.34. The molecular weight excluding hydrogens is 322 g/mol. The first kappa shape index (κ1) is 16.1. The summed E-state index contributed by atoms with van der Waals surface area (Å²) in [5.74, 6) is 1.48. The second kappa shape index (κ2) is 6.13. The number of carbonyl (C=O) groups is 2. The third-order valence-corrected chi connectivity index (χ3v) is 5.39. The molecule has 7 heteroatoms. The lowest BCUT2D eigenvalue weighted by Crippen LogP contribution is -2.59. The van der Waals surface area contributed by atoms with E-state index in [0.29, 0.717) is 26.1 Å². The molecule has 1 saturated heterocycles. The van der Waals surface area contributed by atoms with E-state index < -0.39 is 0 Å². The Labute approximate surface area is 146 Å². The largest absolute Gasteiger partial charge is 0.454 e. The summed E-state index contributed by atoms with van der Waals surface area (Å²) in [7, 11) is 0. The highest BCUT2D eigenvalue weighted by Gasteiger charge is 2.45. The molecule has 2 aliphatic heterocycles. The molecule has 1 aromatic rings. The number of nitrogens with one attached hydrogen (secondary N) is 2. The molecule has 0 radical (unpaired) electrons. The van der Waals surface area contributed by atoms with E-state index >= 15 is 0 Å². The summed E-state index contributed by atoms with van der Waals surface area (Å²) in [5, 5.41) is 5.86. The summed E-state index contributed by atoms with van der Waals surface area (Å²) in [6, 6.07) is 5.46. The van der Waals surface area contributed by atoms with E-state index in [2.05, 4.69) is 16.7 Å². The molecule has 1 aliphatic carbocycles. The molecule has 1 atom stereocenters. The number of amides is 3. The van der Waals surface area contributed by atoms with Crippen LogP contribution in [0.1, 0.15) is 31.7 Å². The fraction of sp³-hybridized carbons (Fsp3) is 0.556. The normalized spacial score (nSPS) is 23.2. The minimum atomic E-state index is -0.380. The molecule has 4 rings (SSSR count). The Morgan fingerprint density at radius 3 is 2.92 bits per heavy atom. The fourth-order valence-corrected chi connectivity index (χ4v) is 3.65. The predicted octanol–water partition coefficient (Wildman–Crippen LogP) is 1.37. The van der Waals surface area contributed by atoms with Crippen LogP contribution in [-0.4, -0.2) is 49.3 Å². The predicted molar refractivity (Wildman–Crippen MR) is 90.7 cm³/mol. The second-order valence-electron chi connectivity index (χ2n) is 6.92. The second-order valence-corrected chi connectivity index (χ2v) is 6.92. The molecule has 0 aromatic heterocycles. The van der Waals surface area contributed by atoms with Crippen molar-refractivity contribution >= 4 is 11.9 Å². The molecule has 1 saturated carbocycles. The number of urea groups is 1. The number of carbonyl (C=O) groups excluding carboxylic acids is 2. The lowest BCUT2D eigenvalue weighted by atomic mass is 9.95. The van der Waals surface area contributed by atoms with Gasteiger partial charge in [-0.3, -0.25) is 4.79 Å². The first-order valence-electron chi connectivity index (χ1n) is 8.85. The third kappa shape index (κ3) is 2.88. The summed E-state index contributed by atoms with van der Waals surface area (Å²) in [6.07, 6.45) is 2.68. The van der Waals surface area contributed by atoms with Crippen molar-refractivity contribution in [2.24, 2.45) is 0 Å². The molecule has 2 N–H and O–H groups in total. The average Bonchev–Trinajstić information content (AvgIpc) is 3.27. The van der Waals surface area contributed by atoms with Crippen LogP contribution in [0.25, 0.3) is 0 Å². The van der Waals surface area contributed by atoms with Crippen LogP contribution in [0.4, 0.5) is 4.79 Å². The van der Waals surface area contributed by atoms with Crippen molar-refractivity contribution in [3.63, 3.8) is 0 Å². The number of benzene rings is 1. The maximum Gasteiger partial charge on any atom is 0.318 e.